The third-order valence-corrected chi connectivity index (χ3v) is 2.63. The van der Waals surface area contributed by atoms with Crippen molar-refractivity contribution in [2.75, 3.05) is 0 Å². The van der Waals surface area contributed by atoms with Gasteiger partial charge in [-0.25, -0.2) is 0 Å². The van der Waals surface area contributed by atoms with Crippen LogP contribution in [0.3, 0.4) is 0 Å². The molecule has 3 heteroatoms. The number of allylic oxidation sites excluding steroid dienone is 1. The van der Waals surface area contributed by atoms with Crippen LogP contribution in [0.4, 0.5) is 0 Å². The Hall–Kier alpha value is -2.16. The number of aldehydes is 1. The first-order chi connectivity index (χ1) is 8.26. The fourth-order valence-corrected chi connectivity index (χ4v) is 1.67. The topological polar surface area (TPSA) is 47.3 Å². The van der Waals surface area contributed by atoms with Crippen LogP contribution in [-0.4, -0.2) is 6.29 Å². The lowest BCUT2D eigenvalue weighted by Gasteiger charge is -2.00. The van der Waals surface area contributed by atoms with E-state index < -0.39 is 0 Å². The molecule has 0 unspecified atom stereocenters. The van der Waals surface area contributed by atoms with E-state index in [2.05, 4.69) is 0 Å². The van der Waals surface area contributed by atoms with E-state index in [4.69, 9.17) is 4.42 Å². The van der Waals surface area contributed by atoms with Gasteiger partial charge in [0.2, 0.25) is 0 Å². The van der Waals surface area contributed by atoms with Crippen LogP contribution < -0.4 is 5.43 Å². The highest BCUT2D eigenvalue weighted by Crippen LogP contribution is 2.14. The number of hydrogen-bond donors (Lipinski definition) is 0. The summed E-state index contributed by atoms with van der Waals surface area (Å²) >= 11 is 0. The zero-order valence-electron chi connectivity index (χ0n) is 9.47. The first kappa shape index (κ1) is 11.3. The molecule has 0 aliphatic rings. The molecule has 0 saturated heterocycles. The van der Waals surface area contributed by atoms with Crippen LogP contribution >= 0.6 is 0 Å². The van der Waals surface area contributed by atoms with Crippen molar-refractivity contribution < 1.29 is 9.21 Å². The van der Waals surface area contributed by atoms with Crippen molar-refractivity contribution in [3.05, 3.63) is 51.9 Å². The number of benzene rings is 1. The molecule has 0 N–H and O–H groups in total. The van der Waals surface area contributed by atoms with Crippen molar-refractivity contribution in [2.45, 2.75) is 13.3 Å². The van der Waals surface area contributed by atoms with E-state index >= 15 is 0 Å². The molecule has 0 aliphatic carbocycles. The van der Waals surface area contributed by atoms with Crippen molar-refractivity contribution in [1.29, 1.82) is 0 Å². The van der Waals surface area contributed by atoms with Crippen molar-refractivity contribution in [3.63, 3.8) is 0 Å². The molecule has 0 saturated carbocycles. The van der Waals surface area contributed by atoms with Gasteiger partial charge >= 0.3 is 0 Å². The van der Waals surface area contributed by atoms with Crippen LogP contribution in [0.15, 0.2) is 39.7 Å². The summed E-state index contributed by atoms with van der Waals surface area (Å²) in [6.45, 7) is 2.03. The average Bonchev–Trinajstić information content (AvgIpc) is 2.38. The summed E-state index contributed by atoms with van der Waals surface area (Å²) in [5.74, 6) is 0. The molecule has 0 radical (unpaired) electrons. The van der Waals surface area contributed by atoms with Gasteiger partial charge in [-0.15, -0.1) is 0 Å². The Bertz CT molecular complexity index is 635. The summed E-state index contributed by atoms with van der Waals surface area (Å²) in [4.78, 5) is 22.3. The number of carbonyl (C=O) groups is 1. The highest BCUT2D eigenvalue weighted by atomic mass is 16.3. The zero-order valence-corrected chi connectivity index (χ0v) is 9.47. The molecule has 0 atom stereocenters. The minimum atomic E-state index is -0.111. The standard InChI is InChI=1S/C14H12O3/c1-2-10-5-6-13-12(8-10)14(16)11(9-17-13)4-3-7-15/h3-9H,2H2,1H3/b4-3+. The van der Waals surface area contributed by atoms with Gasteiger partial charge < -0.3 is 4.42 Å². The predicted molar refractivity (Wildman–Crippen MR) is 67.0 cm³/mol. The Labute approximate surface area is 98.4 Å². The van der Waals surface area contributed by atoms with Crippen molar-refractivity contribution in [2.24, 2.45) is 0 Å². The van der Waals surface area contributed by atoms with E-state index in [0.29, 0.717) is 22.8 Å². The van der Waals surface area contributed by atoms with Crippen LogP contribution in [-0.2, 0) is 11.2 Å². The molecule has 1 aromatic carbocycles. The molecule has 86 valence electrons. The van der Waals surface area contributed by atoms with Crippen LogP contribution in [0.25, 0.3) is 17.0 Å². The van der Waals surface area contributed by atoms with E-state index in [9.17, 15) is 9.59 Å². The molecular formula is C14H12O3. The Morgan fingerprint density at radius 2 is 2.18 bits per heavy atom. The summed E-state index contributed by atoms with van der Waals surface area (Å²) in [6, 6.07) is 5.56. The summed E-state index contributed by atoms with van der Waals surface area (Å²) in [7, 11) is 0. The predicted octanol–water partition coefficient (Wildman–Crippen LogP) is 2.57. The maximum absolute atomic E-state index is 12.1. The zero-order chi connectivity index (χ0) is 12.3. The lowest BCUT2D eigenvalue weighted by atomic mass is 10.1. The number of aryl methyl sites for hydroxylation is 1. The summed E-state index contributed by atoms with van der Waals surface area (Å²) in [6.07, 6.45) is 5.60. The minimum absolute atomic E-state index is 0.111. The van der Waals surface area contributed by atoms with Gasteiger partial charge in [-0.3, -0.25) is 9.59 Å². The summed E-state index contributed by atoms with van der Waals surface area (Å²) < 4.78 is 5.35. The Balaban J connectivity index is 2.68. The van der Waals surface area contributed by atoms with E-state index in [0.717, 1.165) is 12.0 Å². The molecule has 2 aromatic rings. The molecule has 0 amide bonds. The molecular weight excluding hydrogens is 216 g/mol. The lowest BCUT2D eigenvalue weighted by Crippen LogP contribution is -2.05. The number of fused-ring (bicyclic) bond motifs is 1. The first-order valence-corrected chi connectivity index (χ1v) is 5.42. The van der Waals surface area contributed by atoms with E-state index in [1.807, 2.05) is 19.1 Å². The number of rotatable bonds is 3. The van der Waals surface area contributed by atoms with Gasteiger partial charge in [-0.1, -0.05) is 13.0 Å². The van der Waals surface area contributed by atoms with Crippen molar-refractivity contribution in [1.82, 2.24) is 0 Å². The smallest absolute Gasteiger partial charge is 0.199 e. The average molecular weight is 228 g/mol. The second-order valence-electron chi connectivity index (χ2n) is 3.70. The molecule has 0 aliphatic heterocycles. The minimum Gasteiger partial charge on any atom is -0.463 e. The Kier molecular flexibility index (Phi) is 3.19. The quantitative estimate of drug-likeness (QED) is 0.599. The third kappa shape index (κ3) is 2.18. The second kappa shape index (κ2) is 4.78. The monoisotopic (exact) mass is 228 g/mol. The van der Waals surface area contributed by atoms with Gasteiger partial charge in [0.25, 0.3) is 0 Å². The normalized spacial score (nSPS) is 11.1. The Morgan fingerprint density at radius 3 is 2.88 bits per heavy atom. The Morgan fingerprint density at radius 1 is 1.35 bits per heavy atom. The number of carbonyl (C=O) groups excluding carboxylic acids is 1. The van der Waals surface area contributed by atoms with Crippen molar-refractivity contribution >= 4 is 23.3 Å². The highest BCUT2D eigenvalue weighted by molar-refractivity contribution is 5.81. The molecule has 0 bridgehead atoms. The third-order valence-electron chi connectivity index (χ3n) is 2.63. The van der Waals surface area contributed by atoms with E-state index in [-0.39, 0.29) is 5.43 Å². The molecule has 2 rings (SSSR count). The molecule has 3 nitrogen and oxygen atoms in total. The molecule has 0 spiro atoms. The summed E-state index contributed by atoms with van der Waals surface area (Å²) in [5.41, 5.74) is 1.93. The van der Waals surface area contributed by atoms with Gasteiger partial charge in [0, 0.05) is 0 Å². The lowest BCUT2D eigenvalue weighted by molar-refractivity contribution is -0.104. The van der Waals surface area contributed by atoms with Gasteiger partial charge in [0.1, 0.15) is 18.1 Å². The fraction of sp³-hybridized carbons (Fsp3) is 0.143. The van der Waals surface area contributed by atoms with Crippen LogP contribution in [0.1, 0.15) is 18.1 Å². The second-order valence-corrected chi connectivity index (χ2v) is 3.70. The van der Waals surface area contributed by atoms with Gasteiger partial charge in [0.15, 0.2) is 5.43 Å². The van der Waals surface area contributed by atoms with Crippen LogP contribution in [0.2, 0.25) is 0 Å². The van der Waals surface area contributed by atoms with Gasteiger partial charge in [0.05, 0.1) is 10.9 Å². The largest absolute Gasteiger partial charge is 0.463 e. The molecule has 17 heavy (non-hydrogen) atoms. The van der Waals surface area contributed by atoms with Gasteiger partial charge in [-0.05, 0) is 36.3 Å². The first-order valence-electron chi connectivity index (χ1n) is 5.42. The molecule has 0 fully saturated rings. The highest BCUT2D eigenvalue weighted by Gasteiger charge is 2.05. The molecule has 1 aromatic heterocycles. The van der Waals surface area contributed by atoms with Crippen LogP contribution in [0.5, 0.6) is 0 Å². The fourth-order valence-electron chi connectivity index (χ4n) is 1.67. The molecule has 1 heterocycles. The summed E-state index contributed by atoms with van der Waals surface area (Å²) in [5, 5.41) is 0.553. The van der Waals surface area contributed by atoms with E-state index in [1.165, 1.54) is 18.4 Å². The van der Waals surface area contributed by atoms with Gasteiger partial charge in [-0.2, -0.15) is 0 Å². The number of hydrogen-bond acceptors (Lipinski definition) is 3. The SMILES string of the molecule is CCc1ccc2occ(/C=C/C=O)c(=O)c2c1. The van der Waals surface area contributed by atoms with Crippen molar-refractivity contribution in [3.8, 4) is 0 Å². The maximum atomic E-state index is 12.1. The van der Waals surface area contributed by atoms with E-state index in [1.54, 1.807) is 6.07 Å². The maximum Gasteiger partial charge on any atom is 0.199 e. The van der Waals surface area contributed by atoms with Crippen LogP contribution in [0, 0.1) is 0 Å².